The fraction of sp³-hybridized carbons (Fsp3) is 0.474. The summed E-state index contributed by atoms with van der Waals surface area (Å²) >= 11 is 0. The summed E-state index contributed by atoms with van der Waals surface area (Å²) in [6, 6.07) is 5.48. The Morgan fingerprint density at radius 3 is 2.75 bits per heavy atom. The van der Waals surface area contributed by atoms with Gasteiger partial charge >= 0.3 is 0 Å². The molecule has 3 N–H and O–H groups in total. The number of nitrogens with one attached hydrogen (secondary N) is 2. The van der Waals surface area contributed by atoms with E-state index >= 15 is 0 Å². The minimum atomic E-state index is -0.250. The van der Waals surface area contributed by atoms with E-state index in [4.69, 9.17) is 14.6 Å². The number of likely N-dealkylation sites (tertiary alicyclic amines) is 1. The van der Waals surface area contributed by atoms with Gasteiger partial charge in [0.1, 0.15) is 5.82 Å². The number of aromatic nitrogens is 3. The van der Waals surface area contributed by atoms with Crippen LogP contribution in [0.5, 0.6) is 5.88 Å². The number of H-pyrrole nitrogens is 1. The van der Waals surface area contributed by atoms with Gasteiger partial charge in [-0.05, 0) is 45.0 Å². The number of aromatic amines is 1. The number of amides is 1. The van der Waals surface area contributed by atoms with Gasteiger partial charge in [0.15, 0.2) is 0 Å². The van der Waals surface area contributed by atoms with Gasteiger partial charge in [-0.25, -0.2) is 4.98 Å². The van der Waals surface area contributed by atoms with Crippen molar-refractivity contribution < 1.29 is 19.4 Å². The van der Waals surface area contributed by atoms with Crippen molar-refractivity contribution in [1.29, 1.82) is 0 Å². The first kappa shape index (κ1) is 21.4. The number of hydrogen-bond acceptors (Lipinski definition) is 6. The largest absolute Gasteiger partial charge is 0.483 e. The van der Waals surface area contributed by atoms with E-state index in [9.17, 15) is 4.79 Å². The molecule has 1 atom stereocenters. The number of hydrogen-bond donors (Lipinski definition) is 3. The first-order valence-electron chi connectivity index (χ1n) is 9.24. The Morgan fingerprint density at radius 2 is 2.14 bits per heavy atom. The predicted octanol–water partition coefficient (Wildman–Crippen LogP) is 2.24. The lowest BCUT2D eigenvalue weighted by Gasteiger charge is -2.17. The lowest BCUT2D eigenvalue weighted by Crippen LogP contribution is -2.27. The van der Waals surface area contributed by atoms with Crippen molar-refractivity contribution in [3.05, 3.63) is 24.4 Å². The maximum Gasteiger partial charge on any atom is 0.290 e. The summed E-state index contributed by atoms with van der Waals surface area (Å²) in [4.78, 5) is 27.3. The molecule has 152 valence electrons. The number of pyridine rings is 1. The molecular weight excluding hydrogens is 362 g/mol. The molecule has 28 heavy (non-hydrogen) atoms. The normalized spacial score (nSPS) is 14.6. The number of nitrogens with zero attached hydrogens (tertiary/aromatic N) is 3. The molecule has 2 aromatic rings. The smallest absolute Gasteiger partial charge is 0.290 e. The molecule has 1 saturated heterocycles. The molecule has 0 aromatic carbocycles. The standard InChI is InChI=1S/C18H25N5O2.CH2O2/c1-13(7-10-23-8-3-4-9-23)18(24)20-16-11-15(21-22-16)14-5-6-17(25-2)19-12-14;2-1-3/h5-6,11-13H,3-4,7-10H2,1-2H3,(H2,20,21,22,24);1H,(H,2,3). The fourth-order valence-corrected chi connectivity index (χ4v) is 2.96. The zero-order valence-electron chi connectivity index (χ0n) is 16.2. The SMILES string of the molecule is COc1ccc(-c2cc(NC(=O)C(C)CCN3CCCC3)[nH]n2)cn1.O=CO. The summed E-state index contributed by atoms with van der Waals surface area (Å²) in [6.07, 6.45) is 5.12. The van der Waals surface area contributed by atoms with Crippen molar-refractivity contribution in [2.45, 2.75) is 26.2 Å². The molecule has 9 nitrogen and oxygen atoms in total. The molecule has 2 aromatic heterocycles. The lowest BCUT2D eigenvalue weighted by atomic mass is 10.1. The van der Waals surface area contributed by atoms with Gasteiger partial charge in [0.25, 0.3) is 6.47 Å². The van der Waals surface area contributed by atoms with Crippen molar-refractivity contribution in [1.82, 2.24) is 20.1 Å². The van der Waals surface area contributed by atoms with Crippen molar-refractivity contribution in [3.63, 3.8) is 0 Å². The summed E-state index contributed by atoms with van der Waals surface area (Å²) in [5.41, 5.74) is 1.59. The van der Waals surface area contributed by atoms with Gasteiger partial charge < -0.3 is 20.1 Å². The van der Waals surface area contributed by atoms with Crippen molar-refractivity contribution >= 4 is 18.2 Å². The maximum absolute atomic E-state index is 12.3. The Labute approximate surface area is 164 Å². The minimum Gasteiger partial charge on any atom is -0.483 e. The highest BCUT2D eigenvalue weighted by molar-refractivity contribution is 5.91. The van der Waals surface area contributed by atoms with E-state index in [1.165, 1.54) is 12.8 Å². The molecule has 0 spiro atoms. The van der Waals surface area contributed by atoms with Crippen LogP contribution in [0.15, 0.2) is 24.4 Å². The van der Waals surface area contributed by atoms with Crippen molar-refractivity contribution in [3.8, 4) is 17.1 Å². The van der Waals surface area contributed by atoms with Gasteiger partial charge in [-0.3, -0.25) is 14.7 Å². The number of anilines is 1. The van der Waals surface area contributed by atoms with E-state index in [2.05, 4.69) is 25.4 Å². The summed E-state index contributed by atoms with van der Waals surface area (Å²) in [7, 11) is 1.58. The molecule has 1 aliphatic heterocycles. The van der Waals surface area contributed by atoms with E-state index in [1.54, 1.807) is 19.4 Å². The summed E-state index contributed by atoms with van der Waals surface area (Å²) < 4.78 is 5.05. The predicted molar refractivity (Wildman–Crippen MR) is 105 cm³/mol. The zero-order valence-corrected chi connectivity index (χ0v) is 16.2. The second-order valence-electron chi connectivity index (χ2n) is 6.59. The molecule has 1 unspecified atom stereocenters. The van der Waals surface area contributed by atoms with Gasteiger partial charge in [-0.2, -0.15) is 5.10 Å². The molecule has 1 amide bonds. The molecule has 1 fully saturated rings. The third-order valence-corrected chi connectivity index (χ3v) is 4.60. The number of carbonyl (C=O) groups is 2. The maximum atomic E-state index is 12.3. The first-order chi connectivity index (χ1) is 13.6. The third kappa shape index (κ3) is 6.34. The van der Waals surface area contributed by atoms with E-state index < -0.39 is 0 Å². The number of methoxy groups -OCH3 is 1. The molecule has 0 bridgehead atoms. The minimum absolute atomic E-state index is 0.0160. The average Bonchev–Trinajstić information content (AvgIpc) is 3.39. The topological polar surface area (TPSA) is 120 Å². The van der Waals surface area contributed by atoms with E-state index in [1.807, 2.05) is 19.1 Å². The van der Waals surface area contributed by atoms with Crippen molar-refractivity contribution in [2.75, 3.05) is 32.1 Å². The van der Waals surface area contributed by atoms with Crippen LogP contribution in [-0.2, 0) is 9.59 Å². The van der Waals surface area contributed by atoms with Gasteiger partial charge in [-0.15, -0.1) is 0 Å². The van der Waals surface area contributed by atoms with E-state index in [0.717, 1.165) is 37.3 Å². The Hall–Kier alpha value is -2.94. The lowest BCUT2D eigenvalue weighted by molar-refractivity contribution is -0.123. The first-order valence-corrected chi connectivity index (χ1v) is 9.24. The van der Waals surface area contributed by atoms with Crippen LogP contribution in [-0.4, -0.2) is 64.3 Å². The molecule has 0 aliphatic carbocycles. The Morgan fingerprint density at radius 1 is 1.43 bits per heavy atom. The molecule has 0 radical (unpaired) electrons. The van der Waals surface area contributed by atoms with Crippen LogP contribution in [0, 0.1) is 5.92 Å². The highest BCUT2D eigenvalue weighted by Gasteiger charge is 2.18. The van der Waals surface area contributed by atoms with Crippen LogP contribution in [0.1, 0.15) is 26.2 Å². The van der Waals surface area contributed by atoms with Gasteiger partial charge in [0, 0.05) is 29.8 Å². The highest BCUT2D eigenvalue weighted by Crippen LogP contribution is 2.21. The fourth-order valence-electron chi connectivity index (χ4n) is 2.96. The van der Waals surface area contributed by atoms with Gasteiger partial charge in [0.05, 0.1) is 12.8 Å². The van der Waals surface area contributed by atoms with Crippen LogP contribution in [0.3, 0.4) is 0 Å². The monoisotopic (exact) mass is 389 g/mol. The van der Waals surface area contributed by atoms with Crippen LogP contribution >= 0.6 is 0 Å². The molecule has 3 rings (SSSR count). The molecule has 3 heterocycles. The quantitative estimate of drug-likeness (QED) is 0.621. The highest BCUT2D eigenvalue weighted by atomic mass is 16.5. The second-order valence-corrected chi connectivity index (χ2v) is 6.59. The number of carbonyl (C=O) groups excluding carboxylic acids is 1. The Balaban J connectivity index is 0.000000878. The van der Waals surface area contributed by atoms with Crippen LogP contribution < -0.4 is 10.1 Å². The molecule has 0 saturated carbocycles. The van der Waals surface area contributed by atoms with E-state index in [-0.39, 0.29) is 18.3 Å². The molecular formula is C19H27N5O4. The second kappa shape index (κ2) is 11.0. The third-order valence-electron chi connectivity index (χ3n) is 4.60. The van der Waals surface area contributed by atoms with Crippen molar-refractivity contribution in [2.24, 2.45) is 5.92 Å². The molecule has 9 heteroatoms. The average molecular weight is 389 g/mol. The van der Waals surface area contributed by atoms with Gasteiger partial charge in [-0.1, -0.05) is 6.92 Å². The van der Waals surface area contributed by atoms with Crippen LogP contribution in [0.25, 0.3) is 11.3 Å². The Bertz CT molecular complexity index is 741. The summed E-state index contributed by atoms with van der Waals surface area (Å²) in [5.74, 6) is 1.14. The summed E-state index contributed by atoms with van der Waals surface area (Å²) in [5, 5.41) is 16.9. The summed E-state index contributed by atoms with van der Waals surface area (Å²) in [6.45, 7) is 5.03. The Kier molecular flexibility index (Phi) is 8.41. The van der Waals surface area contributed by atoms with Crippen LogP contribution in [0.2, 0.25) is 0 Å². The van der Waals surface area contributed by atoms with Crippen LogP contribution in [0.4, 0.5) is 5.82 Å². The number of carboxylic acid groups (broad SMARTS) is 1. The molecule has 1 aliphatic rings. The number of ether oxygens (including phenoxy) is 1. The van der Waals surface area contributed by atoms with Gasteiger partial charge in [0.2, 0.25) is 11.8 Å². The zero-order chi connectivity index (χ0) is 20.4. The van der Waals surface area contributed by atoms with E-state index in [0.29, 0.717) is 11.7 Å². The number of rotatable bonds is 7.